The predicted molar refractivity (Wildman–Crippen MR) is 54.9 cm³/mol. The van der Waals surface area contributed by atoms with Gasteiger partial charge >= 0.3 is 0 Å². The van der Waals surface area contributed by atoms with Crippen LogP contribution in [0, 0.1) is 0 Å². The molecule has 1 aromatic carbocycles. The minimum Gasteiger partial charge on any atom is -0.460 e. The Balaban J connectivity index is 1.96. The molecule has 3 heteroatoms. The highest BCUT2D eigenvalue weighted by atomic mass is 16.6. The smallest absolute Gasteiger partial charge is 0.285 e. The number of benzene rings is 1. The third-order valence-electron chi connectivity index (χ3n) is 1.94. The van der Waals surface area contributed by atoms with Crippen molar-refractivity contribution in [3.8, 4) is 5.95 Å². The second-order valence-electron chi connectivity index (χ2n) is 3.05. The minimum atomic E-state index is 0.276. The summed E-state index contributed by atoms with van der Waals surface area (Å²) in [6.45, 7) is 0.437. The molecule has 15 heavy (non-hydrogen) atoms. The van der Waals surface area contributed by atoms with Gasteiger partial charge in [-0.3, -0.25) is 4.79 Å². The molecule has 3 nitrogen and oxygen atoms in total. The highest BCUT2D eigenvalue weighted by Gasteiger charge is 2.01. The summed E-state index contributed by atoms with van der Waals surface area (Å²) in [6.07, 6.45) is 0.648. The first-order valence-electron chi connectivity index (χ1n) is 4.60. The van der Waals surface area contributed by atoms with E-state index in [9.17, 15) is 4.79 Å². The summed E-state index contributed by atoms with van der Waals surface area (Å²) >= 11 is 0. The molecule has 0 aliphatic rings. The van der Waals surface area contributed by atoms with Crippen LogP contribution in [0.25, 0.3) is 0 Å². The van der Waals surface area contributed by atoms with E-state index in [1.807, 2.05) is 30.3 Å². The number of ether oxygens (including phenoxy) is 1. The predicted octanol–water partition coefficient (Wildman–Crippen LogP) is 2.67. The molecule has 0 fully saturated rings. The van der Waals surface area contributed by atoms with Crippen molar-refractivity contribution in [1.29, 1.82) is 0 Å². The first kappa shape index (κ1) is 9.52. The van der Waals surface area contributed by atoms with Crippen LogP contribution in [0.4, 0.5) is 0 Å². The van der Waals surface area contributed by atoms with Crippen molar-refractivity contribution in [3.63, 3.8) is 0 Å². The number of aldehydes is 1. The molecule has 76 valence electrons. The minimum absolute atomic E-state index is 0.276. The summed E-state index contributed by atoms with van der Waals surface area (Å²) in [5.41, 5.74) is 1.06. The van der Waals surface area contributed by atoms with Crippen molar-refractivity contribution in [2.24, 2.45) is 0 Å². The van der Waals surface area contributed by atoms with Gasteiger partial charge in [-0.2, -0.15) is 0 Å². The third-order valence-corrected chi connectivity index (χ3v) is 1.94. The molecule has 0 saturated heterocycles. The van der Waals surface area contributed by atoms with Crippen molar-refractivity contribution >= 4 is 6.29 Å². The van der Waals surface area contributed by atoms with Crippen LogP contribution in [0.3, 0.4) is 0 Å². The Bertz CT molecular complexity index is 431. The lowest BCUT2D eigenvalue weighted by molar-refractivity contribution is 0.109. The van der Waals surface area contributed by atoms with Gasteiger partial charge in [-0.1, -0.05) is 30.3 Å². The molecular weight excluding hydrogens is 192 g/mol. The molecule has 0 spiro atoms. The molecule has 0 saturated carbocycles. The average Bonchev–Trinajstić information content (AvgIpc) is 2.76. The second kappa shape index (κ2) is 4.46. The molecule has 0 aliphatic heterocycles. The lowest BCUT2D eigenvalue weighted by atomic mass is 10.2. The molecule has 0 amide bonds. The van der Waals surface area contributed by atoms with Crippen molar-refractivity contribution in [3.05, 3.63) is 53.8 Å². The average molecular weight is 202 g/mol. The topological polar surface area (TPSA) is 39.4 Å². The van der Waals surface area contributed by atoms with Gasteiger partial charge in [0.15, 0.2) is 12.0 Å². The normalized spacial score (nSPS) is 9.87. The van der Waals surface area contributed by atoms with Crippen molar-refractivity contribution < 1.29 is 13.9 Å². The van der Waals surface area contributed by atoms with Crippen LogP contribution < -0.4 is 4.74 Å². The summed E-state index contributed by atoms with van der Waals surface area (Å²) in [5.74, 6) is 0.638. The largest absolute Gasteiger partial charge is 0.460 e. The van der Waals surface area contributed by atoms with Crippen LogP contribution >= 0.6 is 0 Å². The van der Waals surface area contributed by atoms with Gasteiger partial charge < -0.3 is 9.15 Å². The van der Waals surface area contributed by atoms with E-state index in [0.717, 1.165) is 5.56 Å². The van der Waals surface area contributed by atoms with Gasteiger partial charge in [-0.05, 0) is 11.6 Å². The highest BCUT2D eigenvalue weighted by Crippen LogP contribution is 2.15. The number of rotatable bonds is 4. The molecule has 2 aromatic rings. The SMILES string of the molecule is O=Cc1ccc(OCc2ccccc2)o1. The highest BCUT2D eigenvalue weighted by molar-refractivity contribution is 5.70. The summed E-state index contributed by atoms with van der Waals surface area (Å²) in [7, 11) is 0. The number of hydrogen-bond donors (Lipinski definition) is 0. The molecule has 1 aromatic heterocycles. The first-order chi connectivity index (χ1) is 7.38. The van der Waals surface area contributed by atoms with Gasteiger partial charge in [0.1, 0.15) is 6.61 Å². The van der Waals surface area contributed by atoms with Crippen LogP contribution in [-0.4, -0.2) is 6.29 Å². The number of hydrogen-bond acceptors (Lipinski definition) is 3. The van der Waals surface area contributed by atoms with E-state index >= 15 is 0 Å². The molecule has 0 aliphatic carbocycles. The van der Waals surface area contributed by atoms with E-state index in [1.165, 1.54) is 0 Å². The van der Waals surface area contributed by atoms with Crippen molar-refractivity contribution in [1.82, 2.24) is 0 Å². The van der Waals surface area contributed by atoms with Crippen molar-refractivity contribution in [2.75, 3.05) is 0 Å². The number of carbonyl (C=O) groups is 1. The maximum atomic E-state index is 10.3. The van der Waals surface area contributed by atoms with E-state index in [2.05, 4.69) is 0 Å². The standard InChI is InChI=1S/C12H10O3/c13-8-11-6-7-12(15-11)14-9-10-4-2-1-3-5-10/h1-8H,9H2. The Labute approximate surface area is 87.3 Å². The molecule has 0 unspecified atom stereocenters. The van der Waals surface area contributed by atoms with E-state index in [1.54, 1.807) is 12.1 Å². The summed E-state index contributed by atoms with van der Waals surface area (Å²) in [6, 6.07) is 13.0. The summed E-state index contributed by atoms with van der Waals surface area (Å²) < 4.78 is 10.4. The molecule has 0 N–H and O–H groups in total. The van der Waals surface area contributed by atoms with Crippen LogP contribution in [0.15, 0.2) is 46.9 Å². The monoisotopic (exact) mass is 202 g/mol. The van der Waals surface area contributed by atoms with Crippen LogP contribution in [-0.2, 0) is 6.61 Å². The van der Waals surface area contributed by atoms with Crippen LogP contribution in [0.5, 0.6) is 5.95 Å². The Hall–Kier alpha value is -2.03. The maximum Gasteiger partial charge on any atom is 0.285 e. The first-order valence-corrected chi connectivity index (χ1v) is 4.60. The molecule has 0 atom stereocenters. The number of carbonyl (C=O) groups excluding carboxylic acids is 1. The summed E-state index contributed by atoms with van der Waals surface area (Å²) in [5, 5.41) is 0. The van der Waals surface area contributed by atoms with E-state index in [4.69, 9.17) is 9.15 Å². The lowest BCUT2D eigenvalue weighted by Crippen LogP contribution is -1.93. The van der Waals surface area contributed by atoms with E-state index < -0.39 is 0 Å². The molecular formula is C12H10O3. The van der Waals surface area contributed by atoms with Gasteiger partial charge in [-0.15, -0.1) is 0 Å². The zero-order valence-electron chi connectivity index (χ0n) is 8.05. The van der Waals surface area contributed by atoms with Crippen LogP contribution in [0.1, 0.15) is 16.1 Å². The molecule has 0 bridgehead atoms. The summed E-state index contributed by atoms with van der Waals surface area (Å²) in [4.78, 5) is 10.3. The van der Waals surface area contributed by atoms with Gasteiger partial charge in [-0.25, -0.2) is 0 Å². The van der Waals surface area contributed by atoms with Gasteiger partial charge in [0.05, 0.1) is 0 Å². The quantitative estimate of drug-likeness (QED) is 0.715. The zero-order chi connectivity index (χ0) is 10.5. The zero-order valence-corrected chi connectivity index (χ0v) is 8.05. The molecule has 2 rings (SSSR count). The Morgan fingerprint density at radius 3 is 2.60 bits per heavy atom. The lowest BCUT2D eigenvalue weighted by Gasteiger charge is -2.01. The molecule has 0 radical (unpaired) electrons. The number of furan rings is 1. The fraction of sp³-hybridized carbons (Fsp3) is 0.0833. The Morgan fingerprint density at radius 1 is 1.13 bits per heavy atom. The van der Waals surface area contributed by atoms with E-state index in [0.29, 0.717) is 18.8 Å². The fourth-order valence-corrected chi connectivity index (χ4v) is 1.20. The van der Waals surface area contributed by atoms with Gasteiger partial charge in [0.2, 0.25) is 0 Å². The second-order valence-corrected chi connectivity index (χ2v) is 3.05. The molecule has 1 heterocycles. The van der Waals surface area contributed by atoms with Gasteiger partial charge in [0, 0.05) is 6.07 Å². The van der Waals surface area contributed by atoms with E-state index in [-0.39, 0.29) is 5.76 Å². The fourth-order valence-electron chi connectivity index (χ4n) is 1.20. The van der Waals surface area contributed by atoms with Crippen LogP contribution in [0.2, 0.25) is 0 Å². The Kier molecular flexibility index (Phi) is 2.83. The van der Waals surface area contributed by atoms with Crippen molar-refractivity contribution in [2.45, 2.75) is 6.61 Å². The third kappa shape index (κ3) is 2.47. The Morgan fingerprint density at radius 2 is 1.93 bits per heavy atom. The maximum absolute atomic E-state index is 10.3. The van der Waals surface area contributed by atoms with Gasteiger partial charge in [0.25, 0.3) is 5.95 Å².